The lowest BCUT2D eigenvalue weighted by Crippen LogP contribution is -2.27. The van der Waals surface area contributed by atoms with Crippen molar-refractivity contribution in [1.29, 1.82) is 0 Å². The first-order valence-electron chi connectivity index (χ1n) is 5.41. The molecule has 2 rings (SSSR count). The van der Waals surface area contributed by atoms with Crippen LogP contribution in [0.5, 0.6) is 0 Å². The molecule has 1 atom stereocenters. The molecule has 0 saturated heterocycles. The third-order valence-electron chi connectivity index (χ3n) is 3.04. The van der Waals surface area contributed by atoms with E-state index < -0.39 is 5.60 Å². The highest BCUT2D eigenvalue weighted by atomic mass is 16.3. The van der Waals surface area contributed by atoms with Crippen LogP contribution in [0.3, 0.4) is 0 Å². The topological polar surface area (TPSA) is 38.0 Å². The number of rotatable bonds is 4. The lowest BCUT2D eigenvalue weighted by atomic mass is 9.96. The second-order valence-corrected chi connectivity index (χ2v) is 4.36. The van der Waals surface area contributed by atoms with Gasteiger partial charge in [-0.05, 0) is 38.2 Å². The molecule has 1 unspecified atom stereocenters. The quantitative estimate of drug-likeness (QED) is 0.795. The summed E-state index contributed by atoms with van der Waals surface area (Å²) in [4.78, 5) is 0. The molecule has 14 heavy (non-hydrogen) atoms. The van der Waals surface area contributed by atoms with Crippen LogP contribution in [0.1, 0.15) is 38.8 Å². The standard InChI is InChI=1S/C11H18N2O/c1-3-8-13-10(6-7-12-13)11(2,14)9-4-5-9/h6-7,9,14H,3-5,8H2,1-2H3. The lowest BCUT2D eigenvalue weighted by molar-refractivity contribution is 0.0238. The third kappa shape index (κ3) is 1.57. The van der Waals surface area contributed by atoms with E-state index in [1.165, 1.54) is 0 Å². The fraction of sp³-hybridized carbons (Fsp3) is 0.727. The van der Waals surface area contributed by atoms with Gasteiger partial charge in [0.15, 0.2) is 0 Å². The van der Waals surface area contributed by atoms with Crippen molar-refractivity contribution in [2.24, 2.45) is 5.92 Å². The van der Waals surface area contributed by atoms with Crippen molar-refractivity contribution in [3.05, 3.63) is 18.0 Å². The molecule has 0 amide bonds. The second kappa shape index (κ2) is 3.39. The Morgan fingerprint density at radius 1 is 1.64 bits per heavy atom. The van der Waals surface area contributed by atoms with Crippen molar-refractivity contribution in [2.75, 3.05) is 0 Å². The van der Waals surface area contributed by atoms with Crippen LogP contribution in [-0.4, -0.2) is 14.9 Å². The first kappa shape index (κ1) is 9.71. The van der Waals surface area contributed by atoms with Crippen LogP contribution in [0, 0.1) is 5.92 Å². The van der Waals surface area contributed by atoms with Crippen LogP contribution < -0.4 is 0 Å². The highest BCUT2D eigenvalue weighted by molar-refractivity contribution is 5.14. The van der Waals surface area contributed by atoms with Crippen LogP contribution in [0.15, 0.2) is 12.3 Å². The zero-order valence-electron chi connectivity index (χ0n) is 8.90. The fourth-order valence-corrected chi connectivity index (χ4v) is 2.01. The van der Waals surface area contributed by atoms with E-state index in [2.05, 4.69) is 12.0 Å². The molecule has 3 nitrogen and oxygen atoms in total. The minimum Gasteiger partial charge on any atom is -0.384 e. The summed E-state index contributed by atoms with van der Waals surface area (Å²) < 4.78 is 1.93. The number of hydrogen-bond acceptors (Lipinski definition) is 2. The van der Waals surface area contributed by atoms with Crippen molar-refractivity contribution in [2.45, 2.75) is 45.3 Å². The zero-order valence-corrected chi connectivity index (χ0v) is 8.90. The van der Waals surface area contributed by atoms with Gasteiger partial charge in [-0.3, -0.25) is 4.68 Å². The Labute approximate surface area is 84.7 Å². The van der Waals surface area contributed by atoms with Crippen molar-refractivity contribution < 1.29 is 5.11 Å². The van der Waals surface area contributed by atoms with Crippen molar-refractivity contribution in [1.82, 2.24) is 9.78 Å². The first-order valence-corrected chi connectivity index (χ1v) is 5.41. The number of aliphatic hydroxyl groups is 1. The lowest BCUT2D eigenvalue weighted by Gasteiger charge is -2.24. The van der Waals surface area contributed by atoms with Crippen LogP contribution in [0.2, 0.25) is 0 Å². The molecular weight excluding hydrogens is 176 g/mol. The van der Waals surface area contributed by atoms with E-state index in [9.17, 15) is 5.11 Å². The van der Waals surface area contributed by atoms with E-state index in [1.54, 1.807) is 6.20 Å². The summed E-state index contributed by atoms with van der Waals surface area (Å²) in [6.45, 7) is 4.93. The van der Waals surface area contributed by atoms with E-state index in [-0.39, 0.29) is 0 Å². The Hall–Kier alpha value is -0.830. The van der Waals surface area contributed by atoms with E-state index >= 15 is 0 Å². The summed E-state index contributed by atoms with van der Waals surface area (Å²) >= 11 is 0. The molecule has 1 aromatic rings. The molecule has 3 heteroatoms. The monoisotopic (exact) mass is 194 g/mol. The van der Waals surface area contributed by atoms with Crippen LogP contribution in [0.4, 0.5) is 0 Å². The molecule has 0 aromatic carbocycles. The average molecular weight is 194 g/mol. The molecule has 1 saturated carbocycles. The van der Waals surface area contributed by atoms with Gasteiger partial charge in [-0.15, -0.1) is 0 Å². The highest BCUT2D eigenvalue weighted by Gasteiger charge is 2.43. The van der Waals surface area contributed by atoms with Gasteiger partial charge in [0, 0.05) is 12.7 Å². The Balaban J connectivity index is 2.25. The minimum atomic E-state index is -0.675. The van der Waals surface area contributed by atoms with Crippen LogP contribution in [-0.2, 0) is 12.1 Å². The van der Waals surface area contributed by atoms with Gasteiger partial charge in [-0.1, -0.05) is 6.92 Å². The summed E-state index contributed by atoms with van der Waals surface area (Å²) in [5.74, 6) is 0.440. The average Bonchev–Trinajstić information content (AvgIpc) is 2.88. The van der Waals surface area contributed by atoms with Gasteiger partial charge in [-0.25, -0.2) is 0 Å². The number of aryl methyl sites for hydroxylation is 1. The highest BCUT2D eigenvalue weighted by Crippen LogP contribution is 2.45. The molecule has 1 heterocycles. The minimum absolute atomic E-state index is 0.440. The largest absolute Gasteiger partial charge is 0.384 e. The van der Waals surface area contributed by atoms with E-state index in [1.807, 2.05) is 17.7 Å². The van der Waals surface area contributed by atoms with Gasteiger partial charge >= 0.3 is 0 Å². The maximum atomic E-state index is 10.4. The van der Waals surface area contributed by atoms with Gasteiger partial charge in [-0.2, -0.15) is 5.10 Å². The molecular formula is C11H18N2O. The Morgan fingerprint density at radius 2 is 2.36 bits per heavy atom. The molecule has 1 aromatic heterocycles. The predicted octanol–water partition coefficient (Wildman–Crippen LogP) is 1.91. The molecule has 1 aliphatic rings. The molecule has 0 spiro atoms. The maximum Gasteiger partial charge on any atom is 0.106 e. The first-order chi connectivity index (χ1) is 6.66. The number of hydrogen-bond donors (Lipinski definition) is 1. The molecule has 1 aliphatic carbocycles. The van der Waals surface area contributed by atoms with Crippen molar-refractivity contribution >= 4 is 0 Å². The second-order valence-electron chi connectivity index (χ2n) is 4.36. The Kier molecular flexibility index (Phi) is 2.35. The van der Waals surface area contributed by atoms with Gasteiger partial charge in [0.1, 0.15) is 5.60 Å². The zero-order chi connectivity index (χ0) is 10.2. The third-order valence-corrected chi connectivity index (χ3v) is 3.04. The molecule has 78 valence electrons. The summed E-state index contributed by atoms with van der Waals surface area (Å²) in [6.07, 6.45) is 5.12. The fourth-order valence-electron chi connectivity index (χ4n) is 2.01. The Morgan fingerprint density at radius 3 is 2.93 bits per heavy atom. The molecule has 1 N–H and O–H groups in total. The normalized spacial score (nSPS) is 20.8. The SMILES string of the molecule is CCCn1nccc1C(C)(O)C1CC1. The van der Waals surface area contributed by atoms with Gasteiger partial charge in [0.2, 0.25) is 0 Å². The van der Waals surface area contributed by atoms with Gasteiger partial charge in [0.25, 0.3) is 0 Å². The molecule has 1 fully saturated rings. The predicted molar refractivity (Wildman–Crippen MR) is 54.8 cm³/mol. The summed E-state index contributed by atoms with van der Waals surface area (Å²) in [5.41, 5.74) is 0.299. The molecule has 0 bridgehead atoms. The van der Waals surface area contributed by atoms with Crippen LogP contribution >= 0.6 is 0 Å². The summed E-state index contributed by atoms with van der Waals surface area (Å²) in [5, 5.41) is 14.6. The molecule has 0 radical (unpaired) electrons. The maximum absolute atomic E-state index is 10.4. The van der Waals surface area contributed by atoms with E-state index in [0.717, 1.165) is 31.5 Å². The smallest absolute Gasteiger partial charge is 0.106 e. The van der Waals surface area contributed by atoms with E-state index in [0.29, 0.717) is 5.92 Å². The van der Waals surface area contributed by atoms with Gasteiger partial charge < -0.3 is 5.11 Å². The number of aromatic nitrogens is 2. The molecule has 0 aliphatic heterocycles. The summed E-state index contributed by atoms with van der Waals surface area (Å²) in [7, 11) is 0. The van der Waals surface area contributed by atoms with Crippen LogP contribution in [0.25, 0.3) is 0 Å². The van der Waals surface area contributed by atoms with Crippen molar-refractivity contribution in [3.8, 4) is 0 Å². The van der Waals surface area contributed by atoms with Crippen molar-refractivity contribution in [3.63, 3.8) is 0 Å². The number of nitrogens with zero attached hydrogens (tertiary/aromatic N) is 2. The van der Waals surface area contributed by atoms with Gasteiger partial charge in [0.05, 0.1) is 5.69 Å². The Bertz CT molecular complexity index is 313. The summed E-state index contributed by atoms with van der Waals surface area (Å²) in [6, 6.07) is 1.94. The van der Waals surface area contributed by atoms with E-state index in [4.69, 9.17) is 0 Å².